The van der Waals surface area contributed by atoms with Gasteiger partial charge in [-0.05, 0) is 26.0 Å². The summed E-state index contributed by atoms with van der Waals surface area (Å²) in [7, 11) is 0. The molecule has 0 amide bonds. The van der Waals surface area contributed by atoms with E-state index < -0.39 is 29.5 Å². The minimum Gasteiger partial charge on any atom is -0.493 e. The molecule has 0 atom stereocenters. The first-order chi connectivity index (χ1) is 8.68. The van der Waals surface area contributed by atoms with Crippen LogP contribution in [-0.4, -0.2) is 12.4 Å². The number of alkyl halides is 5. The average molecular weight is 282 g/mol. The fourth-order valence-electron chi connectivity index (χ4n) is 1.57. The fraction of sp³-hybridized carbons (Fsp3) is 0.417. The Kier molecular flexibility index (Phi) is 4.49. The van der Waals surface area contributed by atoms with E-state index in [-0.39, 0.29) is 17.9 Å². The summed E-state index contributed by atoms with van der Waals surface area (Å²) in [6.45, 7) is 2.62. The summed E-state index contributed by atoms with van der Waals surface area (Å²) in [5.74, 6) is -0.951. The maximum absolute atomic E-state index is 12.7. The second-order valence-corrected chi connectivity index (χ2v) is 3.72. The fourth-order valence-corrected chi connectivity index (χ4v) is 1.57. The Balaban J connectivity index is 3.55. The smallest absolute Gasteiger partial charge is 0.416 e. The van der Waals surface area contributed by atoms with Crippen molar-refractivity contribution >= 4 is 5.78 Å². The predicted octanol–water partition coefficient (Wildman–Crippen LogP) is 4.24. The van der Waals surface area contributed by atoms with Crippen molar-refractivity contribution in [3.8, 4) is 5.75 Å². The largest absolute Gasteiger partial charge is 0.493 e. The Morgan fingerprint density at radius 2 is 1.89 bits per heavy atom. The summed E-state index contributed by atoms with van der Waals surface area (Å²) in [5, 5.41) is 0. The number of rotatable bonds is 4. The number of hydrogen-bond donors (Lipinski definition) is 0. The van der Waals surface area contributed by atoms with Crippen LogP contribution < -0.4 is 4.74 Å². The monoisotopic (exact) mass is 282 g/mol. The molecule has 0 saturated carbocycles. The average Bonchev–Trinajstić information content (AvgIpc) is 2.26. The first-order valence-electron chi connectivity index (χ1n) is 5.35. The van der Waals surface area contributed by atoms with Crippen molar-refractivity contribution < 1.29 is 31.5 Å². The molecule has 0 aliphatic rings. The standard InChI is InChI=1S/C12H11F5O2/c1-3-19-10-5-8(11(13)14)9(12(15,16)17)4-7(10)6(2)18/h4-5,11H,3H2,1-2H3. The Labute approximate surface area is 106 Å². The molecule has 0 bridgehead atoms. The quantitative estimate of drug-likeness (QED) is 0.609. The minimum absolute atomic E-state index is 0.0499. The normalized spacial score (nSPS) is 11.8. The molecule has 0 spiro atoms. The molecule has 0 aromatic heterocycles. The van der Waals surface area contributed by atoms with Crippen molar-refractivity contribution in [2.75, 3.05) is 6.61 Å². The molecular weight excluding hydrogens is 271 g/mol. The molecule has 0 radical (unpaired) electrons. The van der Waals surface area contributed by atoms with E-state index in [0.29, 0.717) is 12.1 Å². The number of halogens is 5. The lowest BCUT2D eigenvalue weighted by Crippen LogP contribution is -2.13. The van der Waals surface area contributed by atoms with E-state index in [1.54, 1.807) is 0 Å². The highest BCUT2D eigenvalue weighted by Crippen LogP contribution is 2.39. The number of Topliss-reactive ketones (excluding diaryl/α,β-unsaturated/α-hetero) is 1. The second-order valence-electron chi connectivity index (χ2n) is 3.72. The lowest BCUT2D eigenvalue weighted by Gasteiger charge is -2.16. The number of ether oxygens (including phenoxy) is 1. The van der Waals surface area contributed by atoms with Crippen molar-refractivity contribution in [3.63, 3.8) is 0 Å². The van der Waals surface area contributed by atoms with Crippen LogP contribution in [0.1, 0.15) is 41.8 Å². The van der Waals surface area contributed by atoms with Crippen LogP contribution in [0.3, 0.4) is 0 Å². The number of carbonyl (C=O) groups excluding carboxylic acids is 1. The molecule has 0 aliphatic carbocycles. The predicted molar refractivity (Wildman–Crippen MR) is 57.6 cm³/mol. The van der Waals surface area contributed by atoms with Crippen LogP contribution in [0.5, 0.6) is 5.75 Å². The van der Waals surface area contributed by atoms with Crippen LogP contribution in [0.4, 0.5) is 22.0 Å². The maximum Gasteiger partial charge on any atom is 0.416 e. The van der Waals surface area contributed by atoms with Gasteiger partial charge in [0, 0.05) is 5.56 Å². The van der Waals surface area contributed by atoms with E-state index in [4.69, 9.17) is 4.74 Å². The first kappa shape index (κ1) is 15.4. The van der Waals surface area contributed by atoms with Gasteiger partial charge in [0.05, 0.1) is 17.7 Å². The van der Waals surface area contributed by atoms with Gasteiger partial charge in [0.15, 0.2) is 5.78 Å². The zero-order valence-corrected chi connectivity index (χ0v) is 10.1. The van der Waals surface area contributed by atoms with Gasteiger partial charge in [0.2, 0.25) is 0 Å². The summed E-state index contributed by atoms with van der Waals surface area (Å²) in [6, 6.07) is 0.989. The molecule has 19 heavy (non-hydrogen) atoms. The maximum atomic E-state index is 12.7. The van der Waals surface area contributed by atoms with Gasteiger partial charge in [-0.1, -0.05) is 0 Å². The first-order valence-corrected chi connectivity index (χ1v) is 5.35. The summed E-state index contributed by atoms with van der Waals surface area (Å²) >= 11 is 0. The highest BCUT2D eigenvalue weighted by Gasteiger charge is 2.37. The minimum atomic E-state index is -4.96. The molecule has 2 nitrogen and oxygen atoms in total. The van der Waals surface area contributed by atoms with E-state index in [2.05, 4.69) is 0 Å². The van der Waals surface area contributed by atoms with Crippen LogP contribution in [0.2, 0.25) is 0 Å². The molecule has 106 valence electrons. The molecule has 1 aromatic rings. The SMILES string of the molecule is CCOc1cc(C(F)F)c(C(F)(F)F)cc1C(C)=O. The number of carbonyl (C=O) groups is 1. The van der Waals surface area contributed by atoms with Crippen LogP contribution in [0, 0.1) is 0 Å². The zero-order valence-electron chi connectivity index (χ0n) is 10.1. The van der Waals surface area contributed by atoms with Gasteiger partial charge in [0.1, 0.15) is 5.75 Å². The molecule has 7 heteroatoms. The van der Waals surface area contributed by atoms with Crippen LogP contribution in [0.25, 0.3) is 0 Å². The number of hydrogen-bond acceptors (Lipinski definition) is 2. The van der Waals surface area contributed by atoms with E-state index in [0.717, 1.165) is 6.92 Å². The lowest BCUT2D eigenvalue weighted by atomic mass is 10.0. The third kappa shape index (κ3) is 3.42. The van der Waals surface area contributed by atoms with Crippen molar-refractivity contribution in [2.45, 2.75) is 26.4 Å². The Morgan fingerprint density at radius 1 is 1.32 bits per heavy atom. The summed E-state index contributed by atoms with van der Waals surface area (Å²) in [6.07, 6.45) is -8.27. The Bertz CT molecular complexity index is 480. The Morgan fingerprint density at radius 3 is 2.26 bits per heavy atom. The highest BCUT2D eigenvalue weighted by atomic mass is 19.4. The molecule has 0 N–H and O–H groups in total. The van der Waals surface area contributed by atoms with Crippen LogP contribution in [-0.2, 0) is 6.18 Å². The van der Waals surface area contributed by atoms with Gasteiger partial charge in [-0.3, -0.25) is 4.79 Å². The van der Waals surface area contributed by atoms with Gasteiger partial charge in [-0.25, -0.2) is 8.78 Å². The summed E-state index contributed by atoms with van der Waals surface area (Å²) < 4.78 is 68.3. The molecule has 0 fully saturated rings. The van der Waals surface area contributed by atoms with Gasteiger partial charge >= 0.3 is 6.18 Å². The van der Waals surface area contributed by atoms with Crippen molar-refractivity contribution in [1.29, 1.82) is 0 Å². The third-order valence-corrected chi connectivity index (χ3v) is 2.37. The van der Waals surface area contributed by atoms with Gasteiger partial charge in [-0.15, -0.1) is 0 Å². The van der Waals surface area contributed by atoms with Crippen LogP contribution >= 0.6 is 0 Å². The van der Waals surface area contributed by atoms with Gasteiger partial charge in [0.25, 0.3) is 6.43 Å². The molecule has 1 rings (SSSR count). The van der Waals surface area contributed by atoms with Gasteiger partial charge < -0.3 is 4.74 Å². The second kappa shape index (κ2) is 5.54. The molecule has 1 aromatic carbocycles. The summed E-state index contributed by atoms with van der Waals surface area (Å²) in [4.78, 5) is 11.3. The topological polar surface area (TPSA) is 26.3 Å². The third-order valence-electron chi connectivity index (χ3n) is 2.37. The number of ketones is 1. The van der Waals surface area contributed by atoms with E-state index >= 15 is 0 Å². The van der Waals surface area contributed by atoms with Gasteiger partial charge in [-0.2, -0.15) is 13.2 Å². The Hall–Kier alpha value is -1.66. The van der Waals surface area contributed by atoms with E-state index in [1.807, 2.05) is 0 Å². The molecule has 0 unspecified atom stereocenters. The highest BCUT2D eigenvalue weighted by molar-refractivity contribution is 5.97. The van der Waals surface area contributed by atoms with E-state index in [9.17, 15) is 26.7 Å². The zero-order chi connectivity index (χ0) is 14.8. The lowest BCUT2D eigenvalue weighted by molar-refractivity contribution is -0.139. The molecule has 0 aliphatic heterocycles. The van der Waals surface area contributed by atoms with Crippen molar-refractivity contribution in [3.05, 3.63) is 28.8 Å². The summed E-state index contributed by atoms with van der Waals surface area (Å²) in [5.41, 5.74) is -3.07. The molecular formula is C12H11F5O2. The molecule has 0 saturated heterocycles. The van der Waals surface area contributed by atoms with Crippen molar-refractivity contribution in [2.24, 2.45) is 0 Å². The van der Waals surface area contributed by atoms with E-state index in [1.165, 1.54) is 6.92 Å². The molecule has 0 heterocycles. The van der Waals surface area contributed by atoms with Crippen molar-refractivity contribution in [1.82, 2.24) is 0 Å². The number of benzene rings is 1. The van der Waals surface area contributed by atoms with Crippen LogP contribution in [0.15, 0.2) is 12.1 Å².